The molecular formula is C8H16N4O3S. The molecule has 0 aliphatic heterocycles. The summed E-state index contributed by atoms with van der Waals surface area (Å²) >= 11 is 0. The van der Waals surface area contributed by atoms with Gasteiger partial charge in [-0.15, -0.1) is 10.2 Å². The minimum Gasteiger partial charge on any atom is -0.424 e. The topological polar surface area (TPSA) is 97.1 Å². The van der Waals surface area contributed by atoms with Crippen LogP contribution in [0.4, 0.5) is 0 Å². The molecule has 0 saturated carbocycles. The predicted molar refractivity (Wildman–Crippen MR) is 58.2 cm³/mol. The van der Waals surface area contributed by atoms with Gasteiger partial charge in [-0.2, -0.15) is 0 Å². The Morgan fingerprint density at radius 2 is 2.06 bits per heavy atom. The van der Waals surface area contributed by atoms with Crippen LogP contribution in [0.15, 0.2) is 4.42 Å². The number of hydrogen-bond acceptors (Lipinski definition) is 6. The lowest BCUT2D eigenvalue weighted by Crippen LogP contribution is -2.26. The van der Waals surface area contributed by atoms with Crippen molar-refractivity contribution in [2.45, 2.75) is 19.9 Å². The summed E-state index contributed by atoms with van der Waals surface area (Å²) in [6.45, 7) is 3.34. The lowest BCUT2D eigenvalue weighted by atomic mass is 10.4. The van der Waals surface area contributed by atoms with Crippen LogP contribution in [0, 0.1) is 6.92 Å². The third kappa shape index (κ3) is 5.79. The molecule has 0 unspecified atom stereocenters. The highest BCUT2D eigenvalue weighted by Gasteiger charge is 2.01. The molecule has 0 aliphatic rings. The molecule has 7 nitrogen and oxygen atoms in total. The van der Waals surface area contributed by atoms with Gasteiger partial charge in [0.25, 0.3) is 0 Å². The summed E-state index contributed by atoms with van der Waals surface area (Å²) in [5.41, 5.74) is 0. The van der Waals surface area contributed by atoms with Gasteiger partial charge in [-0.3, -0.25) is 0 Å². The van der Waals surface area contributed by atoms with Crippen molar-refractivity contribution in [1.29, 1.82) is 0 Å². The van der Waals surface area contributed by atoms with Crippen LogP contribution >= 0.6 is 0 Å². The quantitative estimate of drug-likeness (QED) is 0.626. The highest BCUT2D eigenvalue weighted by molar-refractivity contribution is 7.88. The average molecular weight is 248 g/mol. The van der Waals surface area contributed by atoms with Crippen LogP contribution in [0.3, 0.4) is 0 Å². The first-order valence-electron chi connectivity index (χ1n) is 4.92. The first-order valence-corrected chi connectivity index (χ1v) is 6.81. The van der Waals surface area contributed by atoms with Gasteiger partial charge in [-0.1, -0.05) is 0 Å². The second-order valence-electron chi connectivity index (χ2n) is 3.41. The van der Waals surface area contributed by atoms with Crippen LogP contribution in [0.1, 0.15) is 18.2 Å². The first kappa shape index (κ1) is 13.1. The van der Waals surface area contributed by atoms with Crippen LogP contribution in [0.2, 0.25) is 0 Å². The molecule has 1 aromatic heterocycles. The van der Waals surface area contributed by atoms with Crippen LogP contribution < -0.4 is 10.0 Å². The molecule has 2 N–H and O–H groups in total. The summed E-state index contributed by atoms with van der Waals surface area (Å²) in [5.74, 6) is 1.07. The van der Waals surface area contributed by atoms with Crippen molar-refractivity contribution in [1.82, 2.24) is 20.2 Å². The fraction of sp³-hybridized carbons (Fsp3) is 0.750. The van der Waals surface area contributed by atoms with E-state index in [-0.39, 0.29) is 0 Å². The molecule has 0 saturated heterocycles. The maximum atomic E-state index is 10.7. The zero-order valence-corrected chi connectivity index (χ0v) is 10.2. The van der Waals surface area contributed by atoms with Crippen molar-refractivity contribution in [3.63, 3.8) is 0 Å². The van der Waals surface area contributed by atoms with Gasteiger partial charge in [0.1, 0.15) is 0 Å². The van der Waals surface area contributed by atoms with Crippen molar-refractivity contribution >= 4 is 10.0 Å². The second kappa shape index (κ2) is 5.92. The van der Waals surface area contributed by atoms with Crippen LogP contribution in [0.25, 0.3) is 0 Å². The van der Waals surface area contributed by atoms with E-state index in [1.807, 2.05) is 0 Å². The molecule has 0 spiro atoms. The third-order valence-electron chi connectivity index (χ3n) is 1.74. The largest absolute Gasteiger partial charge is 0.424 e. The van der Waals surface area contributed by atoms with Crippen LogP contribution in [0.5, 0.6) is 0 Å². The van der Waals surface area contributed by atoms with E-state index in [0.717, 1.165) is 6.26 Å². The Morgan fingerprint density at radius 1 is 1.31 bits per heavy atom. The van der Waals surface area contributed by atoms with Crippen molar-refractivity contribution in [2.24, 2.45) is 0 Å². The minimum absolute atomic E-state index is 0.425. The Hall–Kier alpha value is -0.990. The second-order valence-corrected chi connectivity index (χ2v) is 5.24. The number of aryl methyl sites for hydroxylation is 1. The number of sulfonamides is 1. The van der Waals surface area contributed by atoms with E-state index in [1.54, 1.807) is 6.92 Å². The van der Waals surface area contributed by atoms with Crippen molar-refractivity contribution < 1.29 is 12.8 Å². The zero-order valence-electron chi connectivity index (χ0n) is 9.36. The van der Waals surface area contributed by atoms with Gasteiger partial charge in [-0.05, 0) is 13.0 Å². The van der Waals surface area contributed by atoms with Gasteiger partial charge in [-0.25, -0.2) is 13.1 Å². The Bertz CT molecular complexity index is 415. The summed E-state index contributed by atoms with van der Waals surface area (Å²) in [4.78, 5) is 0. The van der Waals surface area contributed by atoms with E-state index in [2.05, 4.69) is 20.2 Å². The predicted octanol–water partition coefficient (Wildman–Crippen LogP) is -0.593. The molecule has 1 aromatic rings. The summed E-state index contributed by atoms with van der Waals surface area (Å²) in [6, 6.07) is 0. The van der Waals surface area contributed by atoms with Gasteiger partial charge in [0, 0.05) is 13.5 Å². The third-order valence-corrected chi connectivity index (χ3v) is 2.47. The molecule has 0 amide bonds. The average Bonchev–Trinajstić information content (AvgIpc) is 2.56. The zero-order chi connectivity index (χ0) is 12.0. The number of hydrogen-bond donors (Lipinski definition) is 2. The lowest BCUT2D eigenvalue weighted by Gasteiger charge is -2.02. The van der Waals surface area contributed by atoms with E-state index in [9.17, 15) is 8.42 Å². The van der Waals surface area contributed by atoms with Gasteiger partial charge in [0.15, 0.2) is 0 Å². The Labute approximate surface area is 94.7 Å². The SMILES string of the molecule is Cc1nnc(CNCCCNS(C)(=O)=O)o1. The van der Waals surface area contributed by atoms with E-state index in [0.29, 0.717) is 37.8 Å². The minimum atomic E-state index is -3.08. The molecule has 0 radical (unpaired) electrons. The fourth-order valence-electron chi connectivity index (χ4n) is 1.08. The maximum Gasteiger partial charge on any atom is 0.230 e. The Balaban J connectivity index is 2.04. The van der Waals surface area contributed by atoms with Crippen LogP contribution in [-0.2, 0) is 16.6 Å². The normalized spacial score (nSPS) is 11.9. The Kier molecular flexibility index (Phi) is 4.84. The molecular weight excluding hydrogens is 232 g/mol. The van der Waals surface area contributed by atoms with E-state index in [4.69, 9.17) is 4.42 Å². The van der Waals surface area contributed by atoms with Gasteiger partial charge in [0.2, 0.25) is 21.8 Å². The first-order chi connectivity index (χ1) is 7.47. The highest BCUT2D eigenvalue weighted by atomic mass is 32.2. The van der Waals surface area contributed by atoms with Gasteiger partial charge >= 0.3 is 0 Å². The number of aromatic nitrogens is 2. The summed E-state index contributed by atoms with van der Waals surface area (Å²) in [5, 5.41) is 10.6. The Morgan fingerprint density at radius 3 is 2.62 bits per heavy atom. The maximum absolute atomic E-state index is 10.7. The molecule has 16 heavy (non-hydrogen) atoms. The molecule has 92 valence electrons. The monoisotopic (exact) mass is 248 g/mol. The highest BCUT2D eigenvalue weighted by Crippen LogP contribution is 1.96. The van der Waals surface area contributed by atoms with Crippen LogP contribution in [-0.4, -0.2) is 38.0 Å². The number of nitrogens with zero attached hydrogens (tertiary/aromatic N) is 2. The summed E-state index contributed by atoms with van der Waals surface area (Å²) in [7, 11) is -3.08. The van der Waals surface area contributed by atoms with E-state index < -0.39 is 10.0 Å². The van der Waals surface area contributed by atoms with Gasteiger partial charge in [0.05, 0.1) is 12.8 Å². The number of nitrogens with one attached hydrogen (secondary N) is 2. The molecule has 0 fully saturated rings. The smallest absolute Gasteiger partial charge is 0.230 e. The molecule has 0 aromatic carbocycles. The molecule has 1 rings (SSSR count). The fourth-order valence-corrected chi connectivity index (χ4v) is 1.59. The van der Waals surface area contributed by atoms with Crippen molar-refractivity contribution in [3.8, 4) is 0 Å². The van der Waals surface area contributed by atoms with E-state index in [1.165, 1.54) is 0 Å². The lowest BCUT2D eigenvalue weighted by molar-refractivity contribution is 0.445. The molecule has 0 bridgehead atoms. The van der Waals surface area contributed by atoms with Crippen molar-refractivity contribution in [3.05, 3.63) is 11.8 Å². The summed E-state index contributed by atoms with van der Waals surface area (Å²) in [6.07, 6.45) is 1.85. The molecule has 1 heterocycles. The molecule has 0 aliphatic carbocycles. The molecule has 8 heteroatoms. The summed E-state index contributed by atoms with van der Waals surface area (Å²) < 4.78 is 29.0. The molecule has 0 atom stereocenters. The van der Waals surface area contributed by atoms with E-state index >= 15 is 0 Å². The van der Waals surface area contributed by atoms with Crippen molar-refractivity contribution in [2.75, 3.05) is 19.3 Å². The standard InChI is InChI=1S/C8H16N4O3S/c1-7-11-12-8(15-7)6-9-4-3-5-10-16(2,13)14/h9-10H,3-6H2,1-2H3. The van der Waals surface area contributed by atoms with Gasteiger partial charge < -0.3 is 9.73 Å². The number of rotatable bonds is 7.